The number of nitrogens with zero attached hydrogens (tertiary/aromatic N) is 2. The Hall–Kier alpha value is -3.22. The van der Waals surface area contributed by atoms with Crippen LogP contribution in [0.2, 0.25) is 5.02 Å². The molecule has 1 unspecified atom stereocenters. The maximum atomic E-state index is 12.8. The van der Waals surface area contributed by atoms with E-state index in [1.54, 1.807) is 12.1 Å². The molecule has 166 valence electrons. The Balaban J connectivity index is 1.84. The third-order valence-electron chi connectivity index (χ3n) is 4.41. The van der Waals surface area contributed by atoms with Crippen molar-refractivity contribution in [1.29, 1.82) is 0 Å². The van der Waals surface area contributed by atoms with E-state index in [4.69, 9.17) is 34.0 Å². The molecular formula is C19H14ClN3O7S2. The Bertz CT molecular complexity index is 1180. The first-order valence-corrected chi connectivity index (χ1v) is 10.5. The molecule has 0 saturated carbocycles. The van der Waals surface area contributed by atoms with Crippen LogP contribution in [0.5, 0.6) is 0 Å². The summed E-state index contributed by atoms with van der Waals surface area (Å²) < 4.78 is 5.71. The summed E-state index contributed by atoms with van der Waals surface area (Å²) in [5.41, 5.74) is 5.33. The van der Waals surface area contributed by atoms with Crippen LogP contribution in [-0.2, 0) is 14.4 Å². The number of nitro benzene ring substituents is 1. The molecule has 10 nitrogen and oxygen atoms in total. The molecule has 1 aromatic carbocycles. The van der Waals surface area contributed by atoms with Crippen LogP contribution in [0.4, 0.5) is 5.69 Å². The van der Waals surface area contributed by atoms with Gasteiger partial charge in [0.15, 0.2) is 0 Å². The van der Waals surface area contributed by atoms with Crippen LogP contribution in [0, 0.1) is 10.1 Å². The van der Waals surface area contributed by atoms with E-state index in [-0.39, 0.29) is 38.5 Å². The Morgan fingerprint density at radius 2 is 2.09 bits per heavy atom. The maximum absolute atomic E-state index is 12.8. The lowest BCUT2D eigenvalue weighted by atomic mass is 10.1. The van der Waals surface area contributed by atoms with Crippen molar-refractivity contribution < 1.29 is 28.8 Å². The number of carbonyl (C=O) groups excluding carboxylic acids is 2. The SMILES string of the molecule is NC(=O)CCC(C(=O)O)N1C(=O)/C(=C\c2ccc(-c3ccc([N+](=O)[O-])cc3Cl)o2)SC1=S. The highest BCUT2D eigenvalue weighted by Gasteiger charge is 2.40. The first kappa shape index (κ1) is 23.4. The van der Waals surface area contributed by atoms with Gasteiger partial charge in [0, 0.05) is 30.2 Å². The number of carboxylic acids is 1. The molecule has 13 heteroatoms. The number of hydrogen-bond donors (Lipinski definition) is 2. The molecule has 1 aliphatic rings. The summed E-state index contributed by atoms with van der Waals surface area (Å²) in [4.78, 5) is 46.8. The van der Waals surface area contributed by atoms with Crippen molar-refractivity contribution in [2.45, 2.75) is 18.9 Å². The quantitative estimate of drug-likeness (QED) is 0.242. The highest BCUT2D eigenvalue weighted by atomic mass is 35.5. The largest absolute Gasteiger partial charge is 0.480 e. The number of thioether (sulfide) groups is 1. The zero-order valence-electron chi connectivity index (χ0n) is 16.0. The summed E-state index contributed by atoms with van der Waals surface area (Å²) in [6.07, 6.45) is 1.01. The molecular weight excluding hydrogens is 482 g/mol. The van der Waals surface area contributed by atoms with Gasteiger partial charge in [0.1, 0.15) is 21.9 Å². The third kappa shape index (κ3) is 4.98. The lowest BCUT2D eigenvalue weighted by Gasteiger charge is -2.22. The topological polar surface area (TPSA) is 157 Å². The zero-order valence-corrected chi connectivity index (χ0v) is 18.4. The van der Waals surface area contributed by atoms with E-state index in [1.165, 1.54) is 24.3 Å². The number of nitrogens with two attached hydrogens (primary N) is 1. The van der Waals surface area contributed by atoms with Crippen molar-refractivity contribution in [2.24, 2.45) is 5.73 Å². The number of rotatable bonds is 8. The van der Waals surface area contributed by atoms with Gasteiger partial charge in [-0.2, -0.15) is 0 Å². The highest BCUT2D eigenvalue weighted by Crippen LogP contribution is 2.37. The number of thiocarbonyl (C=S) groups is 1. The van der Waals surface area contributed by atoms with Crippen LogP contribution in [0.1, 0.15) is 18.6 Å². The van der Waals surface area contributed by atoms with E-state index in [1.807, 2.05) is 0 Å². The monoisotopic (exact) mass is 495 g/mol. The minimum absolute atomic E-state index is 0.0308. The molecule has 2 aromatic rings. The molecule has 0 spiro atoms. The van der Waals surface area contributed by atoms with Gasteiger partial charge in [-0.25, -0.2) is 4.79 Å². The second-order valence-electron chi connectivity index (χ2n) is 6.53. The molecule has 3 rings (SSSR count). The molecule has 1 aliphatic heterocycles. The van der Waals surface area contributed by atoms with Crippen LogP contribution in [-0.4, -0.2) is 43.1 Å². The summed E-state index contributed by atoms with van der Waals surface area (Å²) in [6.45, 7) is 0. The van der Waals surface area contributed by atoms with Gasteiger partial charge in [0.25, 0.3) is 11.6 Å². The van der Waals surface area contributed by atoms with Gasteiger partial charge in [0.2, 0.25) is 5.91 Å². The number of aliphatic carboxylic acids is 1. The predicted octanol–water partition coefficient (Wildman–Crippen LogP) is 3.43. The van der Waals surface area contributed by atoms with Crippen LogP contribution in [0.3, 0.4) is 0 Å². The minimum atomic E-state index is -1.33. The Morgan fingerprint density at radius 1 is 1.38 bits per heavy atom. The summed E-state index contributed by atoms with van der Waals surface area (Å²) in [5, 5.41) is 20.4. The molecule has 1 fully saturated rings. The molecule has 0 radical (unpaired) electrons. The number of amides is 2. The number of carboxylic acid groups (broad SMARTS) is 1. The van der Waals surface area contributed by atoms with E-state index in [9.17, 15) is 29.6 Å². The van der Waals surface area contributed by atoms with E-state index < -0.39 is 28.7 Å². The first-order chi connectivity index (χ1) is 15.1. The van der Waals surface area contributed by atoms with Crippen LogP contribution >= 0.6 is 35.6 Å². The van der Waals surface area contributed by atoms with Crippen molar-refractivity contribution in [3.63, 3.8) is 0 Å². The van der Waals surface area contributed by atoms with E-state index in [0.29, 0.717) is 11.3 Å². The maximum Gasteiger partial charge on any atom is 0.326 e. The molecule has 3 N–H and O–H groups in total. The fourth-order valence-electron chi connectivity index (χ4n) is 2.91. The van der Waals surface area contributed by atoms with Gasteiger partial charge in [0.05, 0.1) is 14.9 Å². The lowest BCUT2D eigenvalue weighted by Crippen LogP contribution is -2.44. The zero-order chi connectivity index (χ0) is 23.6. The van der Waals surface area contributed by atoms with Crippen LogP contribution in [0.25, 0.3) is 17.4 Å². The van der Waals surface area contributed by atoms with Crippen molar-refractivity contribution in [3.05, 3.63) is 56.1 Å². The normalized spacial score (nSPS) is 15.9. The number of benzene rings is 1. The minimum Gasteiger partial charge on any atom is -0.480 e. The Labute approximate surface area is 195 Å². The second-order valence-corrected chi connectivity index (χ2v) is 8.62. The van der Waals surface area contributed by atoms with Gasteiger partial charge >= 0.3 is 5.97 Å². The average molecular weight is 496 g/mol. The predicted molar refractivity (Wildman–Crippen MR) is 121 cm³/mol. The number of hydrogen-bond acceptors (Lipinski definition) is 8. The fourth-order valence-corrected chi connectivity index (χ4v) is 4.52. The third-order valence-corrected chi connectivity index (χ3v) is 6.06. The molecule has 0 bridgehead atoms. The fraction of sp³-hybridized carbons (Fsp3) is 0.158. The number of furan rings is 1. The van der Waals surface area contributed by atoms with E-state index >= 15 is 0 Å². The van der Waals surface area contributed by atoms with Crippen molar-refractivity contribution in [3.8, 4) is 11.3 Å². The smallest absolute Gasteiger partial charge is 0.326 e. The number of primary amides is 1. The molecule has 2 heterocycles. The van der Waals surface area contributed by atoms with Gasteiger partial charge in [-0.15, -0.1) is 0 Å². The number of non-ortho nitro benzene ring substituents is 1. The van der Waals surface area contributed by atoms with Crippen LogP contribution < -0.4 is 5.73 Å². The van der Waals surface area contributed by atoms with Crippen molar-refractivity contribution >= 4 is 69.4 Å². The molecule has 1 atom stereocenters. The van der Waals surface area contributed by atoms with Gasteiger partial charge in [-0.05, 0) is 24.6 Å². The molecule has 1 aromatic heterocycles. The standard InChI is InChI=1S/C19H14ClN3O7S2/c20-12-7-9(23(28)29)1-3-11(12)14-5-2-10(30-14)8-15-17(25)22(19(31)32-15)13(18(26)27)4-6-16(21)24/h1-3,5,7-8,13H,4,6H2,(H2,21,24)(H,26,27)/b15-8+. The second kappa shape index (κ2) is 9.51. The van der Waals surface area contributed by atoms with E-state index in [2.05, 4.69) is 0 Å². The number of nitro groups is 1. The Kier molecular flexibility index (Phi) is 6.96. The summed E-state index contributed by atoms with van der Waals surface area (Å²) in [5.74, 6) is -2.05. The Morgan fingerprint density at radius 3 is 2.69 bits per heavy atom. The first-order valence-electron chi connectivity index (χ1n) is 8.90. The van der Waals surface area contributed by atoms with Crippen LogP contribution in [0.15, 0.2) is 39.7 Å². The summed E-state index contributed by atoms with van der Waals surface area (Å²) in [6, 6.07) is 5.73. The van der Waals surface area contributed by atoms with Gasteiger partial charge < -0.3 is 15.3 Å². The number of carbonyl (C=O) groups is 3. The molecule has 2 amide bonds. The van der Waals surface area contributed by atoms with E-state index in [0.717, 1.165) is 16.7 Å². The summed E-state index contributed by atoms with van der Waals surface area (Å²) in [7, 11) is 0. The number of halogens is 1. The summed E-state index contributed by atoms with van der Waals surface area (Å²) >= 11 is 12.2. The molecule has 1 saturated heterocycles. The highest BCUT2D eigenvalue weighted by molar-refractivity contribution is 8.26. The van der Waals surface area contributed by atoms with Crippen molar-refractivity contribution in [2.75, 3.05) is 0 Å². The van der Waals surface area contributed by atoms with Gasteiger partial charge in [-0.1, -0.05) is 35.6 Å². The average Bonchev–Trinajstić information content (AvgIpc) is 3.27. The lowest BCUT2D eigenvalue weighted by molar-refractivity contribution is -0.384. The van der Waals surface area contributed by atoms with Crippen molar-refractivity contribution in [1.82, 2.24) is 4.90 Å². The molecule has 0 aliphatic carbocycles. The molecule has 32 heavy (non-hydrogen) atoms. The van der Waals surface area contributed by atoms with Gasteiger partial charge in [-0.3, -0.25) is 24.6 Å².